The maximum Gasteiger partial charge on any atom is 0.230 e. The van der Waals surface area contributed by atoms with E-state index in [2.05, 4.69) is 39.2 Å². The van der Waals surface area contributed by atoms with Gasteiger partial charge in [0, 0.05) is 24.7 Å². The summed E-state index contributed by atoms with van der Waals surface area (Å²) >= 11 is 0. The first-order chi connectivity index (χ1) is 14.0. The zero-order valence-corrected chi connectivity index (χ0v) is 17.6. The molecule has 0 unspecified atom stereocenters. The molecule has 5 heteroatoms. The molecule has 5 nitrogen and oxygen atoms in total. The molecule has 1 amide bonds. The van der Waals surface area contributed by atoms with Crippen molar-refractivity contribution < 1.29 is 9.32 Å². The van der Waals surface area contributed by atoms with Crippen LogP contribution in [-0.4, -0.2) is 46.5 Å². The van der Waals surface area contributed by atoms with Gasteiger partial charge in [-0.05, 0) is 70.0 Å². The minimum atomic E-state index is 0.0275. The van der Waals surface area contributed by atoms with E-state index in [-0.39, 0.29) is 11.3 Å². The largest absolute Gasteiger partial charge is 0.361 e. The van der Waals surface area contributed by atoms with Crippen LogP contribution in [0.3, 0.4) is 0 Å². The summed E-state index contributed by atoms with van der Waals surface area (Å²) in [6, 6.07) is 10.9. The van der Waals surface area contributed by atoms with Gasteiger partial charge in [0.05, 0.1) is 11.6 Å². The van der Waals surface area contributed by atoms with Crippen molar-refractivity contribution in [2.24, 2.45) is 5.41 Å². The molecule has 1 aromatic heterocycles. The number of nitrogens with zero attached hydrogens (tertiary/aromatic N) is 3. The minimum Gasteiger partial charge on any atom is -0.361 e. The highest BCUT2D eigenvalue weighted by molar-refractivity contribution is 5.85. The van der Waals surface area contributed by atoms with E-state index in [0.29, 0.717) is 11.9 Å². The van der Waals surface area contributed by atoms with Crippen molar-refractivity contribution in [2.75, 3.05) is 19.6 Å². The van der Waals surface area contributed by atoms with Gasteiger partial charge in [-0.25, -0.2) is 0 Å². The Labute approximate surface area is 173 Å². The molecule has 2 aliphatic heterocycles. The van der Waals surface area contributed by atoms with E-state index in [1.54, 1.807) is 0 Å². The number of likely N-dealkylation sites (tertiary alicyclic amines) is 2. The lowest BCUT2D eigenvalue weighted by molar-refractivity contribution is -0.142. The number of rotatable bonds is 4. The molecular weight excluding hydrogens is 362 g/mol. The normalized spacial score (nSPS) is 25.0. The van der Waals surface area contributed by atoms with Crippen LogP contribution in [0.15, 0.2) is 34.9 Å². The van der Waals surface area contributed by atoms with Gasteiger partial charge in [-0.3, -0.25) is 9.69 Å². The Morgan fingerprint density at radius 2 is 1.86 bits per heavy atom. The van der Waals surface area contributed by atoms with Gasteiger partial charge >= 0.3 is 0 Å². The number of carbonyl (C=O) groups excluding carboxylic acids is 1. The third-order valence-corrected chi connectivity index (χ3v) is 7.39. The lowest BCUT2D eigenvalue weighted by Gasteiger charge is -2.50. The molecule has 154 valence electrons. The van der Waals surface area contributed by atoms with E-state index < -0.39 is 0 Å². The number of piperidine rings is 2. The quantitative estimate of drug-likeness (QED) is 0.786. The van der Waals surface area contributed by atoms with Crippen LogP contribution in [0.2, 0.25) is 0 Å². The van der Waals surface area contributed by atoms with Crippen molar-refractivity contribution in [2.45, 2.75) is 64.5 Å². The molecule has 0 N–H and O–H groups in total. The SMILES string of the molecule is Cc1noc(C)c1CN1CCC2(CC1)C[C@H](c1ccccc1)C(=O)N(C1CC1)C2. The van der Waals surface area contributed by atoms with Gasteiger partial charge in [-0.15, -0.1) is 0 Å². The summed E-state index contributed by atoms with van der Waals surface area (Å²) in [7, 11) is 0. The van der Waals surface area contributed by atoms with Gasteiger partial charge in [0.15, 0.2) is 0 Å². The van der Waals surface area contributed by atoms with Crippen LogP contribution in [0, 0.1) is 19.3 Å². The molecule has 2 aromatic rings. The summed E-state index contributed by atoms with van der Waals surface area (Å²) in [6.45, 7) is 8.08. The monoisotopic (exact) mass is 393 g/mol. The molecule has 1 atom stereocenters. The standard InChI is InChI=1S/C24H31N3O2/c1-17-22(18(2)29-25-17)15-26-12-10-24(11-13-26)14-21(19-6-4-3-5-7-19)23(28)27(16-24)20-8-9-20/h3-7,20-21H,8-16H2,1-2H3/t21-/m1/s1. The molecule has 3 aliphatic rings. The van der Waals surface area contributed by atoms with Gasteiger partial charge < -0.3 is 9.42 Å². The van der Waals surface area contributed by atoms with Crippen LogP contribution < -0.4 is 0 Å². The van der Waals surface area contributed by atoms with Crippen LogP contribution >= 0.6 is 0 Å². The first-order valence-corrected chi connectivity index (χ1v) is 11.0. The second-order valence-corrected chi connectivity index (χ2v) is 9.44. The topological polar surface area (TPSA) is 49.6 Å². The molecule has 5 rings (SSSR count). The molecule has 1 aliphatic carbocycles. The Balaban J connectivity index is 1.33. The second kappa shape index (κ2) is 7.28. The zero-order chi connectivity index (χ0) is 20.0. The second-order valence-electron chi connectivity index (χ2n) is 9.44. The highest BCUT2D eigenvalue weighted by Gasteiger charge is 2.49. The molecule has 1 aromatic carbocycles. The van der Waals surface area contributed by atoms with Crippen molar-refractivity contribution in [1.29, 1.82) is 0 Å². The van der Waals surface area contributed by atoms with E-state index in [0.717, 1.165) is 56.9 Å². The molecule has 0 bridgehead atoms. The Bertz CT molecular complexity index is 859. The highest BCUT2D eigenvalue weighted by atomic mass is 16.5. The molecular formula is C24H31N3O2. The number of hydrogen-bond acceptors (Lipinski definition) is 4. The number of hydrogen-bond donors (Lipinski definition) is 0. The summed E-state index contributed by atoms with van der Waals surface area (Å²) in [4.78, 5) is 18.1. The average Bonchev–Trinajstić information content (AvgIpc) is 3.54. The Morgan fingerprint density at radius 1 is 1.14 bits per heavy atom. The van der Waals surface area contributed by atoms with E-state index >= 15 is 0 Å². The van der Waals surface area contributed by atoms with Crippen molar-refractivity contribution in [3.63, 3.8) is 0 Å². The number of aromatic nitrogens is 1. The molecule has 2 saturated heterocycles. The molecule has 0 radical (unpaired) electrons. The number of benzene rings is 1. The lowest BCUT2D eigenvalue weighted by atomic mass is 9.67. The molecule has 3 fully saturated rings. The summed E-state index contributed by atoms with van der Waals surface area (Å²) in [5.74, 6) is 1.33. The number of carbonyl (C=O) groups is 1. The minimum absolute atomic E-state index is 0.0275. The van der Waals surface area contributed by atoms with Crippen molar-refractivity contribution in [3.05, 3.63) is 52.9 Å². The first kappa shape index (κ1) is 18.9. The lowest BCUT2D eigenvalue weighted by Crippen LogP contribution is -2.54. The van der Waals surface area contributed by atoms with Crippen LogP contribution in [0.4, 0.5) is 0 Å². The average molecular weight is 394 g/mol. The van der Waals surface area contributed by atoms with Crippen LogP contribution in [0.25, 0.3) is 0 Å². The predicted molar refractivity (Wildman–Crippen MR) is 111 cm³/mol. The zero-order valence-electron chi connectivity index (χ0n) is 17.6. The fourth-order valence-corrected chi connectivity index (χ4v) is 5.36. The van der Waals surface area contributed by atoms with Crippen LogP contribution in [0.1, 0.15) is 60.6 Å². The molecule has 1 spiro atoms. The number of amides is 1. The smallest absolute Gasteiger partial charge is 0.230 e. The van der Waals surface area contributed by atoms with E-state index in [1.165, 1.54) is 24.0 Å². The van der Waals surface area contributed by atoms with E-state index in [9.17, 15) is 4.79 Å². The molecule has 3 heterocycles. The summed E-state index contributed by atoms with van der Waals surface area (Å²) < 4.78 is 5.35. The highest BCUT2D eigenvalue weighted by Crippen LogP contribution is 2.48. The summed E-state index contributed by atoms with van der Waals surface area (Å²) in [5, 5.41) is 4.11. The summed E-state index contributed by atoms with van der Waals surface area (Å²) in [6.07, 6.45) is 5.69. The van der Waals surface area contributed by atoms with E-state index in [1.807, 2.05) is 19.9 Å². The van der Waals surface area contributed by atoms with Gasteiger partial charge in [-0.1, -0.05) is 35.5 Å². The fourth-order valence-electron chi connectivity index (χ4n) is 5.36. The fraction of sp³-hybridized carbons (Fsp3) is 0.583. The third-order valence-electron chi connectivity index (χ3n) is 7.39. The predicted octanol–water partition coefficient (Wildman–Crippen LogP) is 4.05. The van der Waals surface area contributed by atoms with Gasteiger partial charge in [0.25, 0.3) is 0 Å². The Hall–Kier alpha value is -2.14. The maximum atomic E-state index is 13.3. The molecule has 29 heavy (non-hydrogen) atoms. The van der Waals surface area contributed by atoms with Crippen LogP contribution in [0.5, 0.6) is 0 Å². The van der Waals surface area contributed by atoms with Gasteiger partial charge in [0.1, 0.15) is 5.76 Å². The van der Waals surface area contributed by atoms with Crippen LogP contribution in [-0.2, 0) is 11.3 Å². The first-order valence-electron chi connectivity index (χ1n) is 11.0. The number of aryl methyl sites for hydroxylation is 2. The Morgan fingerprint density at radius 3 is 2.48 bits per heavy atom. The van der Waals surface area contributed by atoms with E-state index in [4.69, 9.17) is 4.52 Å². The third kappa shape index (κ3) is 3.61. The molecule has 1 saturated carbocycles. The van der Waals surface area contributed by atoms with Crippen molar-refractivity contribution >= 4 is 5.91 Å². The Kier molecular flexibility index (Phi) is 4.73. The summed E-state index contributed by atoms with van der Waals surface area (Å²) in [5.41, 5.74) is 3.70. The van der Waals surface area contributed by atoms with Crippen molar-refractivity contribution in [1.82, 2.24) is 15.0 Å². The van der Waals surface area contributed by atoms with Crippen molar-refractivity contribution in [3.8, 4) is 0 Å². The maximum absolute atomic E-state index is 13.3. The van der Waals surface area contributed by atoms with Gasteiger partial charge in [0.2, 0.25) is 5.91 Å². The van der Waals surface area contributed by atoms with Gasteiger partial charge in [-0.2, -0.15) is 0 Å².